The monoisotopic (exact) mass is 423 g/mol. The molecular formula is C22H25N5O4. The highest BCUT2D eigenvalue weighted by molar-refractivity contribution is 5.90. The highest BCUT2D eigenvalue weighted by atomic mass is 16.6. The molecule has 9 nitrogen and oxygen atoms in total. The van der Waals surface area contributed by atoms with Gasteiger partial charge < -0.3 is 20.0 Å². The van der Waals surface area contributed by atoms with Gasteiger partial charge in [0.1, 0.15) is 17.6 Å². The molecule has 9 heteroatoms. The summed E-state index contributed by atoms with van der Waals surface area (Å²) >= 11 is 0. The molecule has 1 saturated heterocycles. The molecule has 5 rings (SSSR count). The van der Waals surface area contributed by atoms with Gasteiger partial charge in [-0.1, -0.05) is 11.2 Å². The van der Waals surface area contributed by atoms with Gasteiger partial charge in [0.25, 0.3) is 0 Å². The number of carbonyl (C=O) groups is 2. The number of rotatable bonds is 4. The van der Waals surface area contributed by atoms with Crippen LogP contribution in [0.25, 0.3) is 5.70 Å². The maximum absolute atomic E-state index is 12.4. The third-order valence-electron chi connectivity index (χ3n) is 5.97. The van der Waals surface area contributed by atoms with E-state index in [0.29, 0.717) is 13.1 Å². The van der Waals surface area contributed by atoms with Crippen LogP contribution in [0.15, 0.2) is 34.4 Å². The van der Waals surface area contributed by atoms with E-state index in [1.54, 1.807) is 4.90 Å². The molecule has 3 N–H and O–H groups in total. The van der Waals surface area contributed by atoms with E-state index in [1.807, 2.05) is 19.1 Å². The van der Waals surface area contributed by atoms with Crippen LogP contribution in [0.2, 0.25) is 0 Å². The maximum atomic E-state index is 12.4. The van der Waals surface area contributed by atoms with Crippen LogP contribution in [0.5, 0.6) is 0 Å². The zero-order valence-corrected chi connectivity index (χ0v) is 17.5. The number of hydrazine groups is 1. The average molecular weight is 423 g/mol. The Balaban J connectivity index is 1.40. The van der Waals surface area contributed by atoms with Crippen molar-refractivity contribution in [1.82, 2.24) is 21.3 Å². The van der Waals surface area contributed by atoms with E-state index in [0.717, 1.165) is 47.7 Å². The fraction of sp³-hybridized carbons (Fsp3) is 0.409. The molecule has 1 aromatic heterocycles. The number of anilines is 1. The van der Waals surface area contributed by atoms with Crippen molar-refractivity contribution in [2.45, 2.75) is 45.3 Å². The van der Waals surface area contributed by atoms with Gasteiger partial charge in [0.05, 0.1) is 24.8 Å². The Hall–Kier alpha value is -3.33. The van der Waals surface area contributed by atoms with Crippen LogP contribution < -0.4 is 21.1 Å². The zero-order chi connectivity index (χ0) is 21.5. The van der Waals surface area contributed by atoms with E-state index in [4.69, 9.17) is 9.26 Å². The summed E-state index contributed by atoms with van der Waals surface area (Å²) in [4.78, 5) is 25.2. The van der Waals surface area contributed by atoms with E-state index >= 15 is 0 Å². The quantitative estimate of drug-likeness (QED) is 0.693. The van der Waals surface area contributed by atoms with Crippen molar-refractivity contribution >= 4 is 23.4 Å². The van der Waals surface area contributed by atoms with Crippen LogP contribution >= 0.6 is 0 Å². The van der Waals surface area contributed by atoms with Crippen LogP contribution in [0.4, 0.5) is 10.5 Å². The number of benzene rings is 1. The molecule has 2 amide bonds. The first-order valence-corrected chi connectivity index (χ1v) is 10.5. The minimum absolute atomic E-state index is 0.0128. The second-order valence-electron chi connectivity index (χ2n) is 8.21. The second kappa shape index (κ2) is 7.73. The summed E-state index contributed by atoms with van der Waals surface area (Å²) in [7, 11) is 0. The normalized spacial score (nSPS) is 22.5. The molecule has 2 atom stereocenters. The predicted molar refractivity (Wildman–Crippen MR) is 113 cm³/mol. The third kappa shape index (κ3) is 3.65. The van der Waals surface area contributed by atoms with Gasteiger partial charge >= 0.3 is 6.09 Å². The zero-order valence-electron chi connectivity index (χ0n) is 17.5. The first-order valence-electron chi connectivity index (χ1n) is 10.5. The summed E-state index contributed by atoms with van der Waals surface area (Å²) in [6.45, 7) is 4.07. The SMILES string of the molecule is CC(=O)NC[C@H]1CN(c2ccc3c(c2)CCCC2=C3NNC2c2cc(C)on2)C(=O)O1. The molecule has 0 spiro atoms. The summed E-state index contributed by atoms with van der Waals surface area (Å²) < 4.78 is 10.7. The Morgan fingerprint density at radius 3 is 2.97 bits per heavy atom. The van der Waals surface area contributed by atoms with Gasteiger partial charge in [-0.2, -0.15) is 0 Å². The van der Waals surface area contributed by atoms with Gasteiger partial charge in [0.2, 0.25) is 5.91 Å². The van der Waals surface area contributed by atoms with E-state index in [9.17, 15) is 9.59 Å². The first kappa shape index (κ1) is 19.6. The molecule has 0 radical (unpaired) electrons. The summed E-state index contributed by atoms with van der Waals surface area (Å²) in [5.41, 5.74) is 13.0. The van der Waals surface area contributed by atoms with Crippen LogP contribution in [-0.4, -0.2) is 36.4 Å². The van der Waals surface area contributed by atoms with Crippen molar-refractivity contribution < 1.29 is 18.8 Å². The van der Waals surface area contributed by atoms with Gasteiger partial charge in [-0.3, -0.25) is 9.69 Å². The molecule has 0 saturated carbocycles. The van der Waals surface area contributed by atoms with Crippen molar-refractivity contribution in [3.8, 4) is 0 Å². The number of aromatic nitrogens is 1. The lowest BCUT2D eigenvalue weighted by atomic mass is 9.98. The lowest BCUT2D eigenvalue weighted by Crippen LogP contribution is -2.33. The number of carbonyl (C=O) groups excluding carboxylic acids is 2. The van der Waals surface area contributed by atoms with Crippen LogP contribution in [-0.2, 0) is 16.0 Å². The molecule has 1 unspecified atom stereocenters. The molecular weight excluding hydrogens is 398 g/mol. The molecule has 162 valence electrons. The summed E-state index contributed by atoms with van der Waals surface area (Å²) in [6.07, 6.45) is 2.13. The first-order chi connectivity index (χ1) is 15.0. The van der Waals surface area contributed by atoms with E-state index < -0.39 is 0 Å². The standard InChI is InChI=1S/C22H25N5O4/c1-12-8-19(26-31-12)21-18-5-3-4-14-9-15(6-7-17(14)20(18)24-25-21)27-11-16(30-22(27)29)10-23-13(2)28/h6-9,16,21,24-25H,3-5,10-11H2,1-2H3,(H,23,28)/t16-,21?/m0/s1. The minimum atomic E-state index is -0.383. The molecule has 3 aliphatic rings. The number of hydrogen-bond acceptors (Lipinski definition) is 7. The van der Waals surface area contributed by atoms with Crippen LogP contribution in [0, 0.1) is 6.92 Å². The Morgan fingerprint density at radius 2 is 2.19 bits per heavy atom. The molecule has 1 fully saturated rings. The Labute approximate surface area is 179 Å². The van der Waals surface area contributed by atoms with Gasteiger partial charge in [-0.05, 0) is 49.5 Å². The molecule has 1 aromatic carbocycles. The fourth-order valence-corrected chi connectivity index (χ4v) is 4.50. The number of nitrogens with zero attached hydrogens (tertiary/aromatic N) is 2. The van der Waals surface area contributed by atoms with Gasteiger partial charge in [-0.15, -0.1) is 0 Å². The van der Waals surface area contributed by atoms with E-state index in [2.05, 4.69) is 33.5 Å². The maximum Gasteiger partial charge on any atom is 0.414 e. The lowest BCUT2D eigenvalue weighted by molar-refractivity contribution is -0.119. The van der Waals surface area contributed by atoms with Gasteiger partial charge in [0.15, 0.2) is 0 Å². The highest BCUT2D eigenvalue weighted by Crippen LogP contribution is 2.39. The van der Waals surface area contributed by atoms with Crippen LogP contribution in [0.1, 0.15) is 48.4 Å². The summed E-state index contributed by atoms with van der Waals surface area (Å²) in [5.74, 6) is 0.652. The van der Waals surface area contributed by atoms with Gasteiger partial charge in [0, 0.05) is 24.2 Å². The molecule has 3 heterocycles. The average Bonchev–Trinajstić information content (AvgIpc) is 3.42. The predicted octanol–water partition coefficient (Wildman–Crippen LogP) is 2.34. The van der Waals surface area contributed by atoms with Crippen molar-refractivity contribution in [3.05, 3.63) is 52.4 Å². The molecule has 0 bridgehead atoms. The fourth-order valence-electron chi connectivity index (χ4n) is 4.50. The number of amides is 2. The van der Waals surface area contributed by atoms with Crippen LogP contribution in [0.3, 0.4) is 0 Å². The molecule has 2 aliphatic heterocycles. The van der Waals surface area contributed by atoms with Crippen molar-refractivity contribution in [2.75, 3.05) is 18.0 Å². The second-order valence-corrected chi connectivity index (χ2v) is 8.21. The van der Waals surface area contributed by atoms with Gasteiger partial charge in [-0.25, -0.2) is 10.2 Å². The molecule has 1 aliphatic carbocycles. The Morgan fingerprint density at radius 1 is 1.32 bits per heavy atom. The third-order valence-corrected chi connectivity index (χ3v) is 5.97. The molecule has 2 aromatic rings. The molecule has 31 heavy (non-hydrogen) atoms. The summed E-state index contributed by atoms with van der Waals surface area (Å²) in [5, 5.41) is 6.89. The minimum Gasteiger partial charge on any atom is -0.442 e. The number of fused-ring (bicyclic) bond motifs is 2. The Bertz CT molecular complexity index is 1080. The number of ether oxygens (including phenoxy) is 1. The number of aryl methyl sites for hydroxylation is 2. The number of cyclic esters (lactones) is 1. The highest BCUT2D eigenvalue weighted by Gasteiger charge is 2.34. The number of nitrogens with one attached hydrogen (secondary N) is 3. The van der Waals surface area contributed by atoms with Crippen molar-refractivity contribution in [1.29, 1.82) is 0 Å². The summed E-state index contributed by atoms with van der Waals surface area (Å²) in [6, 6.07) is 8.03. The topological polar surface area (TPSA) is 109 Å². The largest absolute Gasteiger partial charge is 0.442 e. The van der Waals surface area contributed by atoms with Crippen molar-refractivity contribution in [2.24, 2.45) is 0 Å². The van der Waals surface area contributed by atoms with Crippen molar-refractivity contribution in [3.63, 3.8) is 0 Å². The Kier molecular flexibility index (Phi) is 4.90. The van der Waals surface area contributed by atoms with E-state index in [-0.39, 0.29) is 24.1 Å². The smallest absolute Gasteiger partial charge is 0.414 e. The number of hydrogen-bond donors (Lipinski definition) is 3. The van der Waals surface area contributed by atoms with E-state index in [1.165, 1.54) is 18.1 Å². The lowest BCUT2D eigenvalue weighted by Gasteiger charge is -2.17.